The summed E-state index contributed by atoms with van der Waals surface area (Å²) in [5.41, 5.74) is -1.81. The highest BCUT2D eigenvalue weighted by Crippen LogP contribution is 2.60. The molecule has 2 N–H and O–H groups in total. The van der Waals surface area contributed by atoms with Gasteiger partial charge in [0.15, 0.2) is 0 Å². The molecule has 2 bridgehead atoms. The van der Waals surface area contributed by atoms with Gasteiger partial charge >= 0.3 is 5.97 Å². The fourth-order valence-electron chi connectivity index (χ4n) is 5.77. The summed E-state index contributed by atoms with van der Waals surface area (Å²) in [6, 6.07) is -1.63. The number of aliphatic carboxylic acids is 1. The van der Waals surface area contributed by atoms with Crippen LogP contribution in [-0.2, 0) is 19.1 Å². The number of carboxylic acids is 1. The van der Waals surface area contributed by atoms with Crippen molar-refractivity contribution in [2.24, 2.45) is 17.8 Å². The van der Waals surface area contributed by atoms with Gasteiger partial charge in [0.2, 0.25) is 11.8 Å². The number of rotatable bonds is 8. The predicted octanol–water partition coefficient (Wildman–Crippen LogP) is 2.04. The van der Waals surface area contributed by atoms with E-state index in [0.717, 1.165) is 0 Å². The molecule has 2 amide bonds. The second kappa shape index (κ2) is 8.72. The minimum Gasteiger partial charge on any atom is -0.481 e. The average molecular weight is 515 g/mol. The summed E-state index contributed by atoms with van der Waals surface area (Å²) in [5.74, 6) is -3.91. The average Bonchev–Trinajstić information content (AvgIpc) is 3.29. The zero-order valence-electron chi connectivity index (χ0n) is 19.5. The Morgan fingerprint density at radius 3 is 2.53 bits per heavy atom. The number of aliphatic hydroxyl groups is 1. The van der Waals surface area contributed by atoms with Gasteiger partial charge in [0.05, 0.1) is 30.6 Å². The van der Waals surface area contributed by atoms with Crippen molar-refractivity contribution < 1.29 is 29.3 Å². The molecule has 3 aliphatic heterocycles. The summed E-state index contributed by atoms with van der Waals surface area (Å²) in [6.45, 7) is 13.3. The minimum atomic E-state index is -1.25. The van der Waals surface area contributed by atoms with E-state index in [1.807, 2.05) is 34.6 Å². The monoisotopic (exact) mass is 514 g/mol. The molecule has 0 saturated carbocycles. The number of alkyl halides is 1. The smallest absolute Gasteiger partial charge is 0.310 e. The molecule has 0 aromatic rings. The van der Waals surface area contributed by atoms with Crippen molar-refractivity contribution in [3.8, 4) is 0 Å². The number of aliphatic hydroxyl groups excluding tert-OH is 1. The second-order valence-electron chi connectivity index (χ2n) is 10.3. The van der Waals surface area contributed by atoms with Gasteiger partial charge in [-0.25, -0.2) is 0 Å². The van der Waals surface area contributed by atoms with Gasteiger partial charge in [0.1, 0.15) is 11.6 Å². The molecule has 32 heavy (non-hydrogen) atoms. The van der Waals surface area contributed by atoms with Gasteiger partial charge in [0.25, 0.3) is 0 Å². The maximum Gasteiger partial charge on any atom is 0.310 e. The molecule has 8 nitrogen and oxygen atoms in total. The Morgan fingerprint density at radius 1 is 1.44 bits per heavy atom. The number of carboxylic acid groups (broad SMARTS) is 1. The van der Waals surface area contributed by atoms with Crippen LogP contribution in [0.3, 0.4) is 0 Å². The van der Waals surface area contributed by atoms with E-state index < -0.39 is 53.0 Å². The molecule has 9 heteroatoms. The number of likely N-dealkylation sites (tertiary alicyclic amines) is 1. The van der Waals surface area contributed by atoms with Crippen molar-refractivity contribution in [1.29, 1.82) is 0 Å². The highest BCUT2D eigenvalue weighted by molar-refractivity contribution is 9.09. The Balaban J connectivity index is 2.19. The van der Waals surface area contributed by atoms with Crippen LogP contribution < -0.4 is 0 Å². The quantitative estimate of drug-likeness (QED) is 0.379. The first kappa shape index (κ1) is 25.2. The Labute approximate surface area is 198 Å². The first-order valence-electron chi connectivity index (χ1n) is 11.3. The van der Waals surface area contributed by atoms with E-state index in [1.165, 1.54) is 4.90 Å². The number of nitrogens with zero attached hydrogens (tertiary/aromatic N) is 2. The molecule has 3 saturated heterocycles. The second-order valence-corrected chi connectivity index (χ2v) is 11.5. The van der Waals surface area contributed by atoms with Crippen LogP contribution in [0.2, 0.25) is 0 Å². The molecule has 3 unspecified atom stereocenters. The first-order valence-corrected chi connectivity index (χ1v) is 12.2. The van der Waals surface area contributed by atoms with Crippen LogP contribution in [0, 0.1) is 17.8 Å². The van der Waals surface area contributed by atoms with E-state index in [-0.39, 0.29) is 29.8 Å². The van der Waals surface area contributed by atoms with Gasteiger partial charge < -0.3 is 24.7 Å². The summed E-state index contributed by atoms with van der Waals surface area (Å²) in [4.78, 5) is 43.0. The Hall–Kier alpha value is -1.45. The van der Waals surface area contributed by atoms with E-state index in [9.17, 15) is 24.6 Å². The molecule has 3 fully saturated rings. The molecular formula is C23H35BrN2O6. The van der Waals surface area contributed by atoms with Gasteiger partial charge in [0, 0.05) is 16.9 Å². The molecule has 3 heterocycles. The fourth-order valence-corrected chi connectivity index (χ4v) is 6.71. The van der Waals surface area contributed by atoms with E-state index >= 15 is 0 Å². The zero-order chi connectivity index (χ0) is 24.2. The summed E-state index contributed by atoms with van der Waals surface area (Å²) >= 11 is 3.55. The number of carbonyl (C=O) groups excluding carboxylic acids is 2. The van der Waals surface area contributed by atoms with Crippen LogP contribution in [0.4, 0.5) is 0 Å². The lowest BCUT2D eigenvalue weighted by Crippen LogP contribution is -2.62. The van der Waals surface area contributed by atoms with Crippen molar-refractivity contribution >= 4 is 33.7 Å². The minimum absolute atomic E-state index is 0.0859. The lowest BCUT2D eigenvalue weighted by molar-refractivity contribution is -0.156. The van der Waals surface area contributed by atoms with Gasteiger partial charge in [-0.2, -0.15) is 0 Å². The summed E-state index contributed by atoms with van der Waals surface area (Å²) < 4.78 is 6.31. The molecule has 0 aromatic heterocycles. The van der Waals surface area contributed by atoms with Gasteiger partial charge in [-0.1, -0.05) is 42.3 Å². The van der Waals surface area contributed by atoms with Crippen LogP contribution in [0.25, 0.3) is 0 Å². The summed E-state index contributed by atoms with van der Waals surface area (Å²) in [7, 11) is 0. The van der Waals surface area contributed by atoms with Crippen LogP contribution in [-0.4, -0.2) is 85.1 Å². The number of ether oxygens (including phenoxy) is 1. The molecule has 1 spiro atoms. The maximum atomic E-state index is 14.1. The zero-order valence-corrected chi connectivity index (χ0v) is 21.0. The van der Waals surface area contributed by atoms with E-state index in [0.29, 0.717) is 12.8 Å². The van der Waals surface area contributed by atoms with Gasteiger partial charge in [-0.05, 0) is 33.1 Å². The number of amides is 2. The Morgan fingerprint density at radius 2 is 2.06 bits per heavy atom. The highest BCUT2D eigenvalue weighted by atomic mass is 79.9. The molecule has 0 aliphatic carbocycles. The molecule has 3 aliphatic rings. The van der Waals surface area contributed by atoms with Crippen molar-refractivity contribution in [3.05, 3.63) is 12.7 Å². The standard InChI is InChI=1S/C23H35BrN2O6/c1-7-9-25(22(4,5)6)20(29)18-23-10-13(24)17(32-23)15(21(30)31)16(23)19(28)26(18)14(11-27)12(3)8-2/h7,12-18,27H,1,8-11H2,2-6H3,(H,30,31)/t12-,13?,14-,15-,16-,17-,18?,23?/m0/s1. The topological polar surface area (TPSA) is 107 Å². The van der Waals surface area contributed by atoms with Crippen LogP contribution in [0.15, 0.2) is 12.7 Å². The van der Waals surface area contributed by atoms with Gasteiger partial charge in [-0.15, -0.1) is 6.58 Å². The van der Waals surface area contributed by atoms with Crippen molar-refractivity contribution in [1.82, 2.24) is 9.80 Å². The predicted molar refractivity (Wildman–Crippen MR) is 122 cm³/mol. The number of hydrogen-bond acceptors (Lipinski definition) is 5. The van der Waals surface area contributed by atoms with E-state index in [1.54, 1.807) is 11.0 Å². The summed E-state index contributed by atoms with van der Waals surface area (Å²) in [5, 5.41) is 20.2. The first-order chi connectivity index (χ1) is 14.9. The maximum absolute atomic E-state index is 14.1. The fraction of sp³-hybridized carbons (Fsp3) is 0.783. The lowest BCUT2D eigenvalue weighted by Gasteiger charge is -2.44. The Kier molecular flexibility index (Phi) is 6.86. The number of halogens is 1. The molecule has 0 radical (unpaired) electrons. The summed E-state index contributed by atoms with van der Waals surface area (Å²) in [6.07, 6.45) is 2.00. The number of hydrogen-bond donors (Lipinski definition) is 2. The van der Waals surface area contributed by atoms with Crippen molar-refractivity contribution in [3.63, 3.8) is 0 Å². The third-order valence-corrected chi connectivity index (χ3v) is 8.32. The van der Waals surface area contributed by atoms with E-state index in [4.69, 9.17) is 4.74 Å². The largest absolute Gasteiger partial charge is 0.481 e. The molecule has 180 valence electrons. The number of carbonyl (C=O) groups is 3. The molecule has 3 rings (SSSR count). The van der Waals surface area contributed by atoms with Crippen molar-refractivity contribution in [2.75, 3.05) is 13.2 Å². The van der Waals surface area contributed by atoms with E-state index in [2.05, 4.69) is 22.5 Å². The van der Waals surface area contributed by atoms with Crippen LogP contribution >= 0.6 is 15.9 Å². The Bertz CT molecular complexity index is 798. The molecule has 0 aromatic carbocycles. The number of fused-ring (bicyclic) bond motifs is 1. The lowest BCUT2D eigenvalue weighted by atomic mass is 9.70. The van der Waals surface area contributed by atoms with Crippen molar-refractivity contribution in [2.45, 2.75) is 81.6 Å². The van der Waals surface area contributed by atoms with Crippen LogP contribution in [0.5, 0.6) is 0 Å². The third kappa shape index (κ3) is 3.60. The van der Waals surface area contributed by atoms with Gasteiger partial charge in [-0.3, -0.25) is 14.4 Å². The molecule has 8 atom stereocenters. The highest BCUT2D eigenvalue weighted by Gasteiger charge is 2.77. The van der Waals surface area contributed by atoms with Crippen LogP contribution in [0.1, 0.15) is 47.5 Å². The normalized spacial score (nSPS) is 35.5. The molecular weight excluding hydrogens is 480 g/mol. The SMILES string of the molecule is C=CCN(C(=O)C1N([C@@H](CO)[C@@H](C)CC)C(=O)[C@@H]2[C@H](C(=O)O)[C@H]3OC12CC3Br)C(C)(C)C. The third-order valence-electron chi connectivity index (χ3n) is 7.48.